The highest BCUT2D eigenvalue weighted by atomic mass is 16.3. The zero-order chi connectivity index (χ0) is 44.9. The molecule has 0 saturated heterocycles. The molecule has 320 valence electrons. The van der Waals surface area contributed by atoms with E-state index in [0.29, 0.717) is 0 Å². The summed E-state index contributed by atoms with van der Waals surface area (Å²) < 4.78 is 6.43. The van der Waals surface area contributed by atoms with Crippen molar-refractivity contribution in [3.8, 4) is 66.8 Å². The molecule has 0 amide bonds. The van der Waals surface area contributed by atoms with Crippen molar-refractivity contribution in [3.63, 3.8) is 0 Å². The summed E-state index contributed by atoms with van der Waals surface area (Å²) in [6, 6.07) is 86.9. The largest absolute Gasteiger partial charge is 0.455 e. The quantitative estimate of drug-likeness (QED) is 0.134. The van der Waals surface area contributed by atoms with Gasteiger partial charge < -0.3 is 4.42 Å². The summed E-state index contributed by atoms with van der Waals surface area (Å²) in [5, 5.41) is 2.31. The number of rotatable bonds is 10. The molecule has 1 aliphatic rings. The molecular formula is C66H50O. The summed E-state index contributed by atoms with van der Waals surface area (Å²) >= 11 is 0. The molecule has 12 rings (SSSR count). The van der Waals surface area contributed by atoms with Gasteiger partial charge in [-0.3, -0.25) is 0 Å². The first kappa shape index (κ1) is 40.5. The van der Waals surface area contributed by atoms with E-state index in [1.807, 2.05) is 6.07 Å². The highest BCUT2D eigenvalue weighted by molar-refractivity contribution is 6.09. The predicted molar refractivity (Wildman–Crippen MR) is 282 cm³/mol. The molecule has 1 heteroatoms. The Labute approximate surface area is 393 Å². The first-order valence-electron chi connectivity index (χ1n) is 23.7. The minimum atomic E-state index is -0.117. The Bertz CT molecular complexity index is 3540. The van der Waals surface area contributed by atoms with E-state index < -0.39 is 0 Å². The summed E-state index contributed by atoms with van der Waals surface area (Å²) in [7, 11) is 0. The fourth-order valence-electron chi connectivity index (χ4n) is 10.8. The van der Waals surface area contributed by atoms with Crippen LogP contribution in [-0.2, 0) is 11.8 Å². The number of furan rings is 1. The fraction of sp³-hybridized carbons (Fsp3) is 0.0909. The topological polar surface area (TPSA) is 13.1 Å². The van der Waals surface area contributed by atoms with Crippen molar-refractivity contribution in [2.75, 3.05) is 0 Å². The van der Waals surface area contributed by atoms with Crippen LogP contribution in [0.2, 0.25) is 0 Å². The van der Waals surface area contributed by atoms with E-state index in [4.69, 9.17) is 4.42 Å². The number of hydrogen-bond donors (Lipinski definition) is 0. The Morgan fingerprint density at radius 2 is 0.866 bits per heavy atom. The molecule has 11 aromatic rings. The molecular weight excluding hydrogens is 809 g/mol. The van der Waals surface area contributed by atoms with Crippen LogP contribution in [0, 0.1) is 0 Å². The Kier molecular flexibility index (Phi) is 10.1. The van der Waals surface area contributed by atoms with Crippen LogP contribution in [0.4, 0.5) is 0 Å². The zero-order valence-electron chi connectivity index (χ0n) is 37.9. The molecule has 0 fully saturated rings. The van der Waals surface area contributed by atoms with E-state index in [1.165, 1.54) is 83.5 Å². The maximum Gasteiger partial charge on any atom is 0.143 e. The SMILES string of the molecule is CC1(C)c2cc(-c3ccc(CCC(c4ccc(-c5ccccc5)cc4)c4ccc(-c5cccc6c5oc5ccccc56)cc4)cc3)ccc2-c2c(-c3ccc(-c4ccccc4)cc3)cccc21. The first-order chi connectivity index (χ1) is 33.0. The van der Waals surface area contributed by atoms with E-state index >= 15 is 0 Å². The maximum atomic E-state index is 6.43. The second-order valence-electron chi connectivity index (χ2n) is 18.7. The molecule has 1 nitrogen and oxygen atoms in total. The molecule has 1 heterocycles. The van der Waals surface area contributed by atoms with Gasteiger partial charge in [0, 0.05) is 27.7 Å². The van der Waals surface area contributed by atoms with E-state index in [1.54, 1.807) is 0 Å². The third-order valence-corrected chi connectivity index (χ3v) is 14.5. The van der Waals surface area contributed by atoms with E-state index in [2.05, 4.69) is 244 Å². The highest BCUT2D eigenvalue weighted by Crippen LogP contribution is 2.53. The molecule has 1 aromatic heterocycles. The van der Waals surface area contributed by atoms with Gasteiger partial charge in [-0.25, -0.2) is 0 Å². The van der Waals surface area contributed by atoms with Gasteiger partial charge in [0.05, 0.1) is 0 Å². The summed E-state index contributed by atoms with van der Waals surface area (Å²) in [5.74, 6) is 0.229. The van der Waals surface area contributed by atoms with Gasteiger partial charge in [-0.2, -0.15) is 0 Å². The lowest BCUT2D eigenvalue weighted by Crippen LogP contribution is -2.15. The Hall–Kier alpha value is -8.00. The van der Waals surface area contributed by atoms with Crippen LogP contribution in [-0.4, -0.2) is 0 Å². The predicted octanol–water partition coefficient (Wildman–Crippen LogP) is 18.0. The van der Waals surface area contributed by atoms with E-state index in [0.717, 1.165) is 45.9 Å². The molecule has 0 saturated carbocycles. The molecule has 67 heavy (non-hydrogen) atoms. The summed E-state index contributed by atoms with van der Waals surface area (Å²) in [5.41, 5.74) is 23.5. The molecule has 1 atom stereocenters. The summed E-state index contributed by atoms with van der Waals surface area (Å²) in [6.45, 7) is 4.76. The number of hydrogen-bond acceptors (Lipinski definition) is 1. The third kappa shape index (κ3) is 7.38. The van der Waals surface area contributed by atoms with Gasteiger partial charge in [-0.15, -0.1) is 0 Å². The minimum absolute atomic E-state index is 0.117. The van der Waals surface area contributed by atoms with Crippen LogP contribution >= 0.6 is 0 Å². The fourth-order valence-corrected chi connectivity index (χ4v) is 10.8. The maximum absolute atomic E-state index is 6.43. The summed E-state index contributed by atoms with van der Waals surface area (Å²) in [6.07, 6.45) is 1.96. The number of para-hydroxylation sites is 2. The van der Waals surface area contributed by atoms with E-state index in [-0.39, 0.29) is 11.3 Å². The van der Waals surface area contributed by atoms with Crippen molar-refractivity contribution in [3.05, 3.63) is 264 Å². The molecule has 0 bridgehead atoms. The Balaban J connectivity index is 0.815. The van der Waals surface area contributed by atoms with Gasteiger partial charge in [-0.1, -0.05) is 238 Å². The van der Waals surface area contributed by atoms with Gasteiger partial charge in [-0.05, 0) is 114 Å². The molecule has 0 spiro atoms. The van der Waals surface area contributed by atoms with Crippen LogP contribution in [0.3, 0.4) is 0 Å². The molecule has 0 N–H and O–H groups in total. The number of benzene rings is 10. The standard InChI is InChI=1S/C66H50O/c1-66(2)61-21-12-18-56(52-34-30-48(31-35-52)46-15-7-4-8-16-46)64(61)60-42-40-54(43-62(60)66)49-26-23-44(24-27-49)25-41-55(50-32-28-47(29-33-50)45-13-5-3-6-14-45)51-36-38-53(39-37-51)57-19-11-20-59-58-17-9-10-22-63(58)67-65(57)59/h3-24,26-40,42-43,55H,25,41H2,1-2H3. The van der Waals surface area contributed by atoms with Crippen LogP contribution in [0.1, 0.15) is 54.0 Å². The Morgan fingerprint density at radius 1 is 0.373 bits per heavy atom. The van der Waals surface area contributed by atoms with Crippen LogP contribution in [0.15, 0.2) is 241 Å². The van der Waals surface area contributed by atoms with Crippen molar-refractivity contribution in [2.45, 2.75) is 38.0 Å². The van der Waals surface area contributed by atoms with E-state index in [9.17, 15) is 0 Å². The van der Waals surface area contributed by atoms with Gasteiger partial charge >= 0.3 is 0 Å². The lowest BCUT2D eigenvalue weighted by molar-refractivity contribution is 0.660. The smallest absolute Gasteiger partial charge is 0.143 e. The normalized spacial score (nSPS) is 13.1. The second kappa shape index (κ2) is 16.8. The lowest BCUT2D eigenvalue weighted by atomic mass is 9.81. The average Bonchev–Trinajstić information content (AvgIpc) is 3.89. The molecule has 10 aromatic carbocycles. The summed E-state index contributed by atoms with van der Waals surface area (Å²) in [4.78, 5) is 0. The van der Waals surface area contributed by atoms with Crippen molar-refractivity contribution < 1.29 is 4.42 Å². The average molecular weight is 859 g/mol. The van der Waals surface area contributed by atoms with Gasteiger partial charge in [0.2, 0.25) is 0 Å². The number of fused-ring (bicyclic) bond motifs is 6. The van der Waals surface area contributed by atoms with Crippen molar-refractivity contribution in [1.29, 1.82) is 0 Å². The monoisotopic (exact) mass is 858 g/mol. The lowest BCUT2D eigenvalue weighted by Gasteiger charge is -2.22. The van der Waals surface area contributed by atoms with Gasteiger partial charge in [0.15, 0.2) is 0 Å². The number of aryl methyl sites for hydroxylation is 1. The van der Waals surface area contributed by atoms with Crippen molar-refractivity contribution in [2.24, 2.45) is 0 Å². The highest BCUT2D eigenvalue weighted by Gasteiger charge is 2.37. The molecule has 0 aliphatic heterocycles. The minimum Gasteiger partial charge on any atom is -0.455 e. The second-order valence-corrected chi connectivity index (χ2v) is 18.7. The molecule has 0 radical (unpaired) electrons. The van der Waals surface area contributed by atoms with Gasteiger partial charge in [0.25, 0.3) is 0 Å². The third-order valence-electron chi connectivity index (χ3n) is 14.5. The van der Waals surface area contributed by atoms with Crippen LogP contribution in [0.5, 0.6) is 0 Å². The Morgan fingerprint density at radius 3 is 1.55 bits per heavy atom. The van der Waals surface area contributed by atoms with Crippen LogP contribution in [0.25, 0.3) is 88.7 Å². The zero-order valence-corrected chi connectivity index (χ0v) is 37.9. The first-order valence-corrected chi connectivity index (χ1v) is 23.7. The van der Waals surface area contributed by atoms with Crippen molar-refractivity contribution >= 4 is 21.9 Å². The van der Waals surface area contributed by atoms with Crippen molar-refractivity contribution in [1.82, 2.24) is 0 Å². The van der Waals surface area contributed by atoms with Crippen LogP contribution < -0.4 is 0 Å². The molecule has 1 unspecified atom stereocenters. The molecule has 1 aliphatic carbocycles. The van der Waals surface area contributed by atoms with Gasteiger partial charge in [0.1, 0.15) is 11.2 Å².